The Labute approximate surface area is 97.8 Å². The van der Waals surface area contributed by atoms with E-state index in [1.54, 1.807) is 22.6 Å². The molecule has 0 aliphatic rings. The molecule has 7 heteroatoms. The van der Waals surface area contributed by atoms with E-state index >= 15 is 0 Å². The van der Waals surface area contributed by atoms with Crippen molar-refractivity contribution >= 4 is 34.2 Å². The number of carboxylic acids is 1. The Morgan fingerprint density at radius 3 is 2.60 bits per heavy atom. The number of nitro benzene ring substituents is 1. The molecule has 0 unspecified atom stereocenters. The maximum absolute atomic E-state index is 10.5. The van der Waals surface area contributed by atoms with Crippen LogP contribution in [-0.2, 0) is 11.2 Å². The lowest BCUT2D eigenvalue weighted by molar-refractivity contribution is -0.386. The van der Waals surface area contributed by atoms with Crippen molar-refractivity contribution in [3.8, 4) is 5.75 Å². The highest BCUT2D eigenvalue weighted by Crippen LogP contribution is 2.32. The number of nitrogens with zero attached hydrogens (tertiary/aromatic N) is 1. The Morgan fingerprint density at radius 1 is 1.53 bits per heavy atom. The predicted octanol–water partition coefficient (Wildman–Crippen LogP) is 1.53. The minimum Gasteiger partial charge on any atom is -0.501 e. The van der Waals surface area contributed by atoms with E-state index in [0.29, 0.717) is 0 Å². The van der Waals surface area contributed by atoms with Crippen LogP contribution >= 0.6 is 22.6 Å². The molecular formula is C8H6INO5. The van der Waals surface area contributed by atoms with Gasteiger partial charge in [-0.1, -0.05) is 0 Å². The zero-order valence-electron chi connectivity index (χ0n) is 7.31. The molecule has 0 atom stereocenters. The van der Waals surface area contributed by atoms with E-state index in [1.165, 1.54) is 6.07 Å². The fraction of sp³-hybridized carbons (Fsp3) is 0.125. The molecule has 0 amide bonds. The summed E-state index contributed by atoms with van der Waals surface area (Å²) in [5.41, 5.74) is -0.186. The number of rotatable bonds is 3. The van der Waals surface area contributed by atoms with Gasteiger partial charge in [0.05, 0.1) is 14.9 Å². The molecule has 0 fully saturated rings. The lowest BCUT2D eigenvalue weighted by Crippen LogP contribution is -2.01. The van der Waals surface area contributed by atoms with E-state index < -0.39 is 22.3 Å². The Hall–Kier alpha value is -1.38. The molecule has 1 aromatic carbocycles. The third kappa shape index (κ3) is 2.78. The summed E-state index contributed by atoms with van der Waals surface area (Å²) in [4.78, 5) is 20.2. The molecule has 0 heterocycles. The van der Waals surface area contributed by atoms with Crippen LogP contribution in [0, 0.1) is 13.7 Å². The Kier molecular flexibility index (Phi) is 3.45. The van der Waals surface area contributed by atoms with Gasteiger partial charge in [-0.3, -0.25) is 14.9 Å². The molecule has 0 aromatic heterocycles. The summed E-state index contributed by atoms with van der Waals surface area (Å²) < 4.78 is 0.262. The van der Waals surface area contributed by atoms with Crippen molar-refractivity contribution in [1.29, 1.82) is 0 Å². The minimum atomic E-state index is -1.08. The minimum absolute atomic E-state index is 0.262. The van der Waals surface area contributed by atoms with Gasteiger partial charge in [-0.2, -0.15) is 0 Å². The summed E-state index contributed by atoms with van der Waals surface area (Å²) in [6, 6.07) is 2.46. The molecule has 0 aliphatic carbocycles. The molecule has 0 saturated heterocycles. The Morgan fingerprint density at radius 2 is 2.13 bits per heavy atom. The first-order valence-corrected chi connectivity index (χ1v) is 4.87. The first-order valence-electron chi connectivity index (χ1n) is 3.79. The Bertz CT molecular complexity index is 431. The summed E-state index contributed by atoms with van der Waals surface area (Å²) >= 11 is 1.71. The van der Waals surface area contributed by atoms with Crippen LogP contribution in [0.4, 0.5) is 5.69 Å². The van der Waals surface area contributed by atoms with E-state index in [9.17, 15) is 20.0 Å². The number of benzene rings is 1. The highest BCUT2D eigenvalue weighted by atomic mass is 131. The first kappa shape index (κ1) is 11.7. The van der Waals surface area contributed by atoms with Gasteiger partial charge in [-0.15, -0.1) is 0 Å². The number of hydrogen-bond donors (Lipinski definition) is 2. The van der Waals surface area contributed by atoms with Crippen LogP contribution in [-0.4, -0.2) is 21.1 Å². The van der Waals surface area contributed by atoms with Crippen LogP contribution in [0.2, 0.25) is 0 Å². The molecule has 1 rings (SSSR count). The van der Waals surface area contributed by atoms with Crippen LogP contribution in [0.15, 0.2) is 12.1 Å². The molecule has 80 valence electrons. The van der Waals surface area contributed by atoms with E-state index in [2.05, 4.69) is 0 Å². The SMILES string of the molecule is O=C(O)Cc1cc([131I])c(O)c([N+](=O)[O-])c1. The summed E-state index contributed by atoms with van der Waals surface area (Å²) in [6.45, 7) is 0. The molecule has 0 radical (unpaired) electrons. The van der Waals surface area contributed by atoms with Crippen LogP contribution in [0.5, 0.6) is 5.75 Å². The summed E-state index contributed by atoms with van der Waals surface area (Å²) in [5.74, 6) is -1.51. The highest BCUT2D eigenvalue weighted by Gasteiger charge is 2.18. The van der Waals surface area contributed by atoms with Crippen molar-refractivity contribution in [3.05, 3.63) is 31.4 Å². The summed E-state index contributed by atoms with van der Waals surface area (Å²) in [5, 5.41) is 28.4. The van der Waals surface area contributed by atoms with Gasteiger partial charge in [0.15, 0.2) is 0 Å². The number of phenols is 1. The normalized spacial score (nSPS) is 9.93. The molecule has 1 aromatic rings. The zero-order valence-corrected chi connectivity index (χ0v) is 9.46. The number of nitro groups is 1. The number of halogens is 1. The Balaban J connectivity index is 3.23. The van der Waals surface area contributed by atoms with Crippen molar-refractivity contribution in [1.82, 2.24) is 0 Å². The third-order valence-corrected chi connectivity index (χ3v) is 2.48. The smallest absolute Gasteiger partial charge is 0.312 e. The second-order valence-corrected chi connectivity index (χ2v) is 3.94. The van der Waals surface area contributed by atoms with Crippen molar-refractivity contribution in [2.45, 2.75) is 6.42 Å². The zero-order chi connectivity index (χ0) is 11.6. The molecule has 0 spiro atoms. The van der Waals surface area contributed by atoms with Gasteiger partial charge < -0.3 is 10.2 Å². The molecule has 0 saturated carbocycles. The fourth-order valence-corrected chi connectivity index (χ4v) is 1.73. The second kappa shape index (κ2) is 4.43. The van der Waals surface area contributed by atoms with Gasteiger partial charge in [0.1, 0.15) is 0 Å². The lowest BCUT2D eigenvalue weighted by atomic mass is 10.1. The van der Waals surface area contributed by atoms with Gasteiger partial charge in [0.2, 0.25) is 5.75 Å². The van der Waals surface area contributed by atoms with E-state index in [0.717, 1.165) is 6.07 Å². The van der Waals surface area contributed by atoms with Crippen LogP contribution in [0.1, 0.15) is 5.56 Å². The maximum Gasteiger partial charge on any atom is 0.312 e. The van der Waals surface area contributed by atoms with Crippen LogP contribution in [0.25, 0.3) is 0 Å². The molecule has 15 heavy (non-hydrogen) atoms. The van der Waals surface area contributed by atoms with Gasteiger partial charge in [-0.05, 0) is 34.2 Å². The number of carbonyl (C=O) groups is 1. The topological polar surface area (TPSA) is 101 Å². The highest BCUT2D eigenvalue weighted by molar-refractivity contribution is 14.1. The van der Waals surface area contributed by atoms with E-state index in [4.69, 9.17) is 5.11 Å². The van der Waals surface area contributed by atoms with Crippen LogP contribution in [0.3, 0.4) is 0 Å². The number of phenolic OH excluding ortho intramolecular Hbond substituents is 1. The molecule has 6 nitrogen and oxygen atoms in total. The average Bonchev–Trinajstić information content (AvgIpc) is 2.09. The predicted molar refractivity (Wildman–Crippen MR) is 58.8 cm³/mol. The van der Waals surface area contributed by atoms with Gasteiger partial charge in [0.25, 0.3) is 0 Å². The third-order valence-electron chi connectivity index (χ3n) is 1.66. The monoisotopic (exact) mass is 327 g/mol. The van der Waals surface area contributed by atoms with Crippen molar-refractivity contribution in [2.24, 2.45) is 0 Å². The fourth-order valence-electron chi connectivity index (χ4n) is 1.05. The summed E-state index contributed by atoms with van der Waals surface area (Å²) in [7, 11) is 0. The van der Waals surface area contributed by atoms with E-state index in [1.807, 2.05) is 0 Å². The number of aliphatic carboxylic acids is 1. The standard InChI is InChI=1S/C8H6INO5/c9-5-1-4(3-7(11)12)2-6(8(5)13)10(14)15/h1-2,13H,3H2,(H,11,12)/i9+4. The van der Waals surface area contributed by atoms with Crippen molar-refractivity contribution in [3.63, 3.8) is 0 Å². The van der Waals surface area contributed by atoms with Gasteiger partial charge in [-0.25, -0.2) is 0 Å². The quantitative estimate of drug-likeness (QED) is 0.498. The second-order valence-electron chi connectivity index (χ2n) is 2.77. The number of hydrogen-bond acceptors (Lipinski definition) is 4. The first-order chi connectivity index (χ1) is 6.91. The van der Waals surface area contributed by atoms with Gasteiger partial charge >= 0.3 is 11.7 Å². The molecule has 0 aliphatic heterocycles. The van der Waals surface area contributed by atoms with E-state index in [-0.39, 0.29) is 15.6 Å². The van der Waals surface area contributed by atoms with Gasteiger partial charge in [0, 0.05) is 6.07 Å². The molecule has 0 bridgehead atoms. The molecule has 2 N–H and O–H groups in total. The lowest BCUT2D eigenvalue weighted by Gasteiger charge is -2.02. The van der Waals surface area contributed by atoms with Crippen molar-refractivity contribution in [2.75, 3.05) is 0 Å². The van der Waals surface area contributed by atoms with Crippen molar-refractivity contribution < 1.29 is 19.9 Å². The summed E-state index contributed by atoms with van der Waals surface area (Å²) in [6.07, 6.45) is -0.308. The largest absolute Gasteiger partial charge is 0.501 e. The molecular weight excluding hydrogens is 321 g/mol. The maximum atomic E-state index is 10.5. The average molecular weight is 327 g/mol. The van der Waals surface area contributed by atoms with Crippen LogP contribution < -0.4 is 0 Å². The number of aromatic hydroxyl groups is 1. The number of carboxylic acid groups (broad SMARTS) is 1.